The number of carbonyl (C=O) groups is 1. The van der Waals surface area contributed by atoms with E-state index in [1.54, 1.807) is 0 Å². The number of fused-ring (bicyclic) bond motifs is 1. The number of rotatable bonds is 6. The molecule has 0 saturated carbocycles. The number of carbonyl (C=O) groups excluding carboxylic acids is 1. The maximum atomic E-state index is 12.9. The van der Waals surface area contributed by atoms with E-state index >= 15 is 0 Å². The van der Waals surface area contributed by atoms with Crippen LogP contribution in [0.15, 0.2) is 24.6 Å². The predicted molar refractivity (Wildman–Crippen MR) is 95.8 cm³/mol. The van der Waals surface area contributed by atoms with Crippen LogP contribution in [0.2, 0.25) is 0 Å². The van der Waals surface area contributed by atoms with Gasteiger partial charge in [0.1, 0.15) is 30.5 Å². The fraction of sp³-hybridized carbons (Fsp3) is 0.529. The molecule has 0 aromatic carbocycles. The molecular weight excluding hydrogens is 373 g/mol. The number of halogens is 1. The Morgan fingerprint density at radius 2 is 2.14 bits per heavy atom. The van der Waals surface area contributed by atoms with Gasteiger partial charge in [0.15, 0.2) is 23.2 Å². The zero-order valence-corrected chi connectivity index (χ0v) is 15.6. The lowest BCUT2D eigenvalue weighted by Gasteiger charge is -2.17. The van der Waals surface area contributed by atoms with Gasteiger partial charge in [0.2, 0.25) is 0 Å². The van der Waals surface area contributed by atoms with Crippen molar-refractivity contribution in [3.63, 3.8) is 0 Å². The summed E-state index contributed by atoms with van der Waals surface area (Å²) in [5, 5.41) is 23.1. The first kappa shape index (κ1) is 20.3. The third kappa shape index (κ3) is 4.17. The number of imidazole rings is 1. The predicted octanol–water partition coefficient (Wildman–Crippen LogP) is 0.682. The van der Waals surface area contributed by atoms with Gasteiger partial charge in [0.25, 0.3) is 5.91 Å². The van der Waals surface area contributed by atoms with Crippen molar-refractivity contribution in [2.24, 2.45) is 0 Å². The first-order valence-electron chi connectivity index (χ1n) is 8.73. The van der Waals surface area contributed by atoms with Crippen molar-refractivity contribution < 1.29 is 28.9 Å². The van der Waals surface area contributed by atoms with Crippen molar-refractivity contribution >= 4 is 22.9 Å². The van der Waals surface area contributed by atoms with Gasteiger partial charge in [-0.05, 0) is 20.8 Å². The summed E-state index contributed by atoms with van der Waals surface area (Å²) in [6.07, 6.45) is -0.780. The largest absolute Gasteiger partial charge is 0.387 e. The molecule has 3 heterocycles. The molecule has 1 saturated heterocycles. The molecule has 10 nitrogen and oxygen atoms in total. The Hall–Kier alpha value is -2.47. The summed E-state index contributed by atoms with van der Waals surface area (Å²) in [5.41, 5.74) is 0.501. The van der Waals surface area contributed by atoms with Crippen LogP contribution in [-0.4, -0.2) is 66.7 Å². The maximum Gasteiger partial charge on any atom is 0.252 e. The second-order valence-electron chi connectivity index (χ2n) is 6.70. The Labute approximate surface area is 160 Å². The van der Waals surface area contributed by atoms with Gasteiger partial charge >= 0.3 is 0 Å². The third-order valence-electron chi connectivity index (χ3n) is 4.14. The highest BCUT2D eigenvalue weighted by atomic mass is 19.1. The molecule has 2 aromatic rings. The minimum absolute atomic E-state index is 0.0537. The maximum absolute atomic E-state index is 12.9. The summed E-state index contributed by atoms with van der Waals surface area (Å²) in [6.45, 7) is 4.97. The van der Waals surface area contributed by atoms with Crippen molar-refractivity contribution in [2.75, 3.05) is 11.9 Å². The van der Waals surface area contributed by atoms with Crippen LogP contribution >= 0.6 is 0 Å². The Morgan fingerprint density at radius 3 is 2.82 bits per heavy atom. The molecule has 1 amide bonds. The fourth-order valence-corrected chi connectivity index (χ4v) is 2.85. The Morgan fingerprint density at radius 1 is 1.39 bits per heavy atom. The van der Waals surface area contributed by atoms with Gasteiger partial charge in [-0.25, -0.2) is 19.3 Å². The molecule has 1 fully saturated rings. The molecule has 0 bridgehead atoms. The number of aromatic nitrogens is 4. The van der Waals surface area contributed by atoms with Crippen LogP contribution in [-0.2, 0) is 14.3 Å². The Balaban J connectivity index is 1.85. The first-order chi connectivity index (χ1) is 13.3. The van der Waals surface area contributed by atoms with Gasteiger partial charge in [-0.3, -0.25) is 9.36 Å². The average molecular weight is 395 g/mol. The molecule has 0 radical (unpaired) electrons. The van der Waals surface area contributed by atoms with Crippen LogP contribution in [0.25, 0.3) is 11.2 Å². The molecule has 1 aliphatic heterocycles. The SMILES string of the molecule is C/C(F)=C/C(=O)Nc1ncnc2c1ncn2[C@@H]1O[C@H](COC(C)C)[C@@H](O)[C@H]1O. The molecule has 0 unspecified atom stereocenters. The van der Waals surface area contributed by atoms with E-state index in [2.05, 4.69) is 20.3 Å². The second kappa shape index (κ2) is 8.27. The Bertz CT molecular complexity index is 882. The molecular formula is C17H22FN5O5. The lowest BCUT2D eigenvalue weighted by molar-refractivity contribution is -0.112. The van der Waals surface area contributed by atoms with Crippen molar-refractivity contribution in [1.29, 1.82) is 0 Å². The number of hydrogen-bond donors (Lipinski definition) is 3. The number of anilines is 1. The van der Waals surface area contributed by atoms with Crippen LogP contribution < -0.4 is 5.32 Å². The van der Waals surface area contributed by atoms with E-state index in [9.17, 15) is 19.4 Å². The number of allylic oxidation sites excluding steroid dienone is 1. The summed E-state index contributed by atoms with van der Waals surface area (Å²) in [7, 11) is 0. The molecule has 11 heteroatoms. The van der Waals surface area contributed by atoms with Crippen molar-refractivity contribution in [1.82, 2.24) is 19.5 Å². The lowest BCUT2D eigenvalue weighted by atomic mass is 10.1. The van der Waals surface area contributed by atoms with Crippen LogP contribution in [0.4, 0.5) is 10.2 Å². The van der Waals surface area contributed by atoms with Crippen LogP contribution in [0.3, 0.4) is 0 Å². The number of hydrogen-bond acceptors (Lipinski definition) is 8. The zero-order chi connectivity index (χ0) is 20.4. The molecule has 0 spiro atoms. The summed E-state index contributed by atoms with van der Waals surface area (Å²) >= 11 is 0. The minimum atomic E-state index is -1.23. The fourth-order valence-electron chi connectivity index (χ4n) is 2.85. The molecule has 3 N–H and O–H groups in total. The first-order valence-corrected chi connectivity index (χ1v) is 8.73. The molecule has 28 heavy (non-hydrogen) atoms. The molecule has 2 aromatic heterocycles. The smallest absolute Gasteiger partial charge is 0.252 e. The van der Waals surface area contributed by atoms with Gasteiger partial charge < -0.3 is 25.0 Å². The van der Waals surface area contributed by atoms with E-state index in [1.807, 2.05) is 13.8 Å². The highest BCUT2D eigenvalue weighted by Gasteiger charge is 2.44. The number of nitrogens with zero attached hydrogens (tertiary/aromatic N) is 4. The van der Waals surface area contributed by atoms with Crippen molar-refractivity contribution in [3.05, 3.63) is 24.6 Å². The van der Waals surface area contributed by atoms with E-state index < -0.39 is 36.3 Å². The molecule has 1 aliphatic rings. The van der Waals surface area contributed by atoms with Crippen LogP contribution in [0.1, 0.15) is 27.0 Å². The molecule has 152 valence electrons. The summed E-state index contributed by atoms with van der Waals surface area (Å²) in [4.78, 5) is 24.0. The second-order valence-corrected chi connectivity index (χ2v) is 6.70. The van der Waals surface area contributed by atoms with Gasteiger partial charge in [-0.1, -0.05) is 0 Å². The van der Waals surface area contributed by atoms with Gasteiger partial charge in [0, 0.05) is 6.08 Å². The number of aliphatic hydroxyl groups excluding tert-OH is 2. The molecule has 3 rings (SSSR count). The average Bonchev–Trinajstić information content (AvgIpc) is 3.15. The summed E-state index contributed by atoms with van der Waals surface area (Å²) in [6, 6.07) is 0. The topological polar surface area (TPSA) is 132 Å². The van der Waals surface area contributed by atoms with E-state index in [1.165, 1.54) is 17.2 Å². The van der Waals surface area contributed by atoms with Crippen molar-refractivity contribution in [3.8, 4) is 0 Å². The number of aliphatic hydroxyl groups is 2. The minimum Gasteiger partial charge on any atom is -0.387 e. The van der Waals surface area contributed by atoms with E-state index in [0.717, 1.165) is 13.0 Å². The zero-order valence-electron chi connectivity index (χ0n) is 15.6. The van der Waals surface area contributed by atoms with Gasteiger partial charge in [0.05, 0.1) is 19.0 Å². The highest BCUT2D eigenvalue weighted by molar-refractivity contribution is 6.02. The van der Waals surface area contributed by atoms with Crippen LogP contribution in [0.5, 0.6) is 0 Å². The number of nitrogens with one attached hydrogen (secondary N) is 1. The third-order valence-corrected chi connectivity index (χ3v) is 4.14. The monoisotopic (exact) mass is 395 g/mol. The van der Waals surface area contributed by atoms with Gasteiger partial charge in [-0.15, -0.1) is 0 Å². The number of amides is 1. The summed E-state index contributed by atoms with van der Waals surface area (Å²) < 4.78 is 25.5. The standard InChI is InChI=1S/C17H22FN5O5/c1-8(2)27-5-10-13(25)14(26)17(28-10)23-7-21-12-15(19-6-20-16(12)23)22-11(24)4-9(3)18/h4,6-8,10,13-14,17,25-26H,5H2,1-3H3,(H,19,20,22,24)/b9-4-/t10-,13-,14-,17-/m1/s1. The quantitative estimate of drug-likeness (QED) is 0.609. The molecule has 0 aliphatic carbocycles. The van der Waals surface area contributed by atoms with E-state index in [4.69, 9.17) is 9.47 Å². The highest BCUT2D eigenvalue weighted by Crippen LogP contribution is 2.32. The Kier molecular flexibility index (Phi) is 5.98. The summed E-state index contributed by atoms with van der Waals surface area (Å²) in [5.74, 6) is -1.27. The van der Waals surface area contributed by atoms with Crippen LogP contribution in [0, 0.1) is 0 Å². The van der Waals surface area contributed by atoms with E-state index in [0.29, 0.717) is 0 Å². The normalized spacial score (nSPS) is 25.6. The lowest BCUT2D eigenvalue weighted by Crippen LogP contribution is -2.34. The van der Waals surface area contributed by atoms with Crippen molar-refractivity contribution in [2.45, 2.75) is 51.4 Å². The van der Waals surface area contributed by atoms with Gasteiger partial charge in [-0.2, -0.15) is 0 Å². The molecule has 4 atom stereocenters. The van der Waals surface area contributed by atoms with E-state index in [-0.39, 0.29) is 29.7 Å². The number of ether oxygens (including phenoxy) is 2.